The van der Waals surface area contributed by atoms with Crippen molar-refractivity contribution in [1.82, 2.24) is 10.6 Å². The van der Waals surface area contributed by atoms with Crippen LogP contribution in [-0.2, 0) is 9.59 Å². The molecule has 3 saturated carbocycles. The van der Waals surface area contributed by atoms with Crippen LogP contribution in [0, 0.1) is 19.7 Å². The molecule has 0 heterocycles. The number of hydrogen-bond donors (Lipinski definition) is 3. The number of halogens is 2. The minimum absolute atomic E-state index is 0.0218. The highest BCUT2D eigenvalue weighted by Crippen LogP contribution is 2.47. The number of benzene rings is 2. The fourth-order valence-electron chi connectivity index (χ4n) is 5.19. The zero-order chi connectivity index (χ0) is 25.2. The van der Waals surface area contributed by atoms with Crippen LogP contribution in [0.3, 0.4) is 0 Å². The Kier molecular flexibility index (Phi) is 7.24. The minimum atomic E-state index is -0.804. The third kappa shape index (κ3) is 5.87. The van der Waals surface area contributed by atoms with E-state index in [1.165, 1.54) is 12.1 Å². The molecule has 0 spiro atoms. The molecular weight excluding hydrogens is 475 g/mol. The Hall–Kier alpha value is -2.84. The summed E-state index contributed by atoms with van der Waals surface area (Å²) in [6.45, 7) is 3.51. The van der Waals surface area contributed by atoms with Crippen LogP contribution in [0.5, 0.6) is 11.5 Å². The van der Waals surface area contributed by atoms with Crippen molar-refractivity contribution in [3.63, 3.8) is 0 Å². The van der Waals surface area contributed by atoms with Crippen molar-refractivity contribution in [2.75, 3.05) is 13.2 Å². The molecule has 3 fully saturated rings. The molecule has 7 nitrogen and oxygen atoms in total. The van der Waals surface area contributed by atoms with Crippen LogP contribution in [0.15, 0.2) is 36.4 Å². The van der Waals surface area contributed by atoms with Gasteiger partial charge in [0.2, 0.25) is 0 Å². The van der Waals surface area contributed by atoms with Gasteiger partial charge in [-0.15, -0.1) is 0 Å². The second kappa shape index (κ2) is 10.0. The third-order valence-electron chi connectivity index (χ3n) is 6.94. The fourth-order valence-corrected chi connectivity index (χ4v) is 5.31. The fraction of sp³-hybridized carbons (Fsp3) is 0.462. The van der Waals surface area contributed by atoms with Crippen molar-refractivity contribution in [1.29, 1.82) is 0 Å². The molecule has 5 rings (SSSR count). The molecule has 2 bridgehead atoms. The molecule has 1 atom stereocenters. The summed E-state index contributed by atoms with van der Waals surface area (Å²) < 4.78 is 24.6. The van der Waals surface area contributed by atoms with Crippen molar-refractivity contribution in [2.24, 2.45) is 0 Å². The number of amides is 2. The molecule has 9 heteroatoms. The van der Waals surface area contributed by atoms with E-state index in [4.69, 9.17) is 21.1 Å². The third-order valence-corrected chi connectivity index (χ3v) is 7.25. The lowest BCUT2D eigenvalue weighted by molar-refractivity contribution is -0.137. The zero-order valence-electron chi connectivity index (χ0n) is 19.8. The number of rotatable bonds is 8. The summed E-state index contributed by atoms with van der Waals surface area (Å²) in [5.74, 6) is -0.424. The van der Waals surface area contributed by atoms with Crippen molar-refractivity contribution >= 4 is 23.4 Å². The second-order valence-electron chi connectivity index (χ2n) is 9.73. The average Bonchev–Trinajstić information content (AvgIpc) is 2.79. The highest BCUT2D eigenvalue weighted by Gasteiger charge is 2.55. The number of aryl methyl sites for hydroxylation is 2. The Labute approximate surface area is 208 Å². The van der Waals surface area contributed by atoms with Gasteiger partial charge in [-0.25, -0.2) is 4.39 Å². The molecule has 0 aromatic heterocycles. The van der Waals surface area contributed by atoms with Crippen molar-refractivity contribution in [3.8, 4) is 11.5 Å². The molecule has 2 amide bonds. The number of ether oxygens (including phenoxy) is 2. The average molecular weight is 505 g/mol. The minimum Gasteiger partial charge on any atom is -0.484 e. The maximum Gasteiger partial charge on any atom is 0.258 e. The molecule has 35 heavy (non-hydrogen) atoms. The molecule has 0 aliphatic heterocycles. The molecule has 0 unspecified atom stereocenters. The smallest absolute Gasteiger partial charge is 0.258 e. The molecule has 0 saturated heterocycles. The molecule has 3 aliphatic rings. The van der Waals surface area contributed by atoms with Crippen LogP contribution in [0.1, 0.15) is 43.2 Å². The number of carbonyl (C=O) groups excluding carboxylic acids is 2. The first kappa shape index (κ1) is 25.3. The largest absolute Gasteiger partial charge is 0.484 e. The lowest BCUT2D eigenvalue weighted by atomic mass is 9.60. The van der Waals surface area contributed by atoms with Crippen LogP contribution < -0.4 is 20.1 Å². The van der Waals surface area contributed by atoms with Gasteiger partial charge in [0.15, 0.2) is 13.2 Å². The van der Waals surface area contributed by atoms with E-state index < -0.39 is 23.0 Å². The van der Waals surface area contributed by atoms with E-state index in [2.05, 4.69) is 10.6 Å². The van der Waals surface area contributed by atoms with E-state index in [0.717, 1.165) is 17.2 Å². The molecule has 3 aliphatic carbocycles. The molecule has 2 aromatic rings. The van der Waals surface area contributed by atoms with E-state index >= 15 is 0 Å². The predicted molar refractivity (Wildman–Crippen MR) is 129 cm³/mol. The second-order valence-corrected chi connectivity index (χ2v) is 10.1. The van der Waals surface area contributed by atoms with Crippen LogP contribution in [0.2, 0.25) is 5.02 Å². The first-order valence-electron chi connectivity index (χ1n) is 11.7. The summed E-state index contributed by atoms with van der Waals surface area (Å²) in [7, 11) is 0. The van der Waals surface area contributed by atoms with Crippen LogP contribution in [-0.4, -0.2) is 47.3 Å². The summed E-state index contributed by atoms with van der Waals surface area (Å²) in [4.78, 5) is 25.2. The summed E-state index contributed by atoms with van der Waals surface area (Å²) in [5, 5.41) is 16.9. The quantitative estimate of drug-likeness (QED) is 0.510. The topological polar surface area (TPSA) is 96.9 Å². The summed E-state index contributed by atoms with van der Waals surface area (Å²) >= 11 is 5.66. The number of carbonyl (C=O) groups is 2. The monoisotopic (exact) mass is 504 g/mol. The number of fused-ring (bicyclic) bond motifs is 3. The van der Waals surface area contributed by atoms with Gasteiger partial charge in [0, 0.05) is 11.6 Å². The Bertz CT molecular complexity index is 1100. The lowest BCUT2D eigenvalue weighted by Gasteiger charge is -2.56. The number of nitrogens with one attached hydrogen (secondary N) is 2. The van der Waals surface area contributed by atoms with Crippen molar-refractivity contribution in [2.45, 2.75) is 63.1 Å². The SMILES string of the molecule is Cc1cc(C)cc(OCC(=O)NC23CCC(NC(=O)COc4ccc(Cl)c(F)c4)(CC2)C[C@H]3O)c1. The summed E-state index contributed by atoms with van der Waals surface area (Å²) in [6, 6.07) is 9.75. The number of aliphatic hydroxyl groups is 1. The first-order chi connectivity index (χ1) is 16.6. The maximum absolute atomic E-state index is 13.6. The van der Waals surface area contributed by atoms with Gasteiger partial charge in [-0.2, -0.15) is 0 Å². The Morgan fingerprint density at radius 3 is 2.17 bits per heavy atom. The Balaban J connectivity index is 1.28. The Morgan fingerprint density at radius 2 is 1.57 bits per heavy atom. The van der Waals surface area contributed by atoms with Crippen molar-refractivity contribution in [3.05, 3.63) is 58.4 Å². The highest BCUT2D eigenvalue weighted by molar-refractivity contribution is 6.30. The van der Waals surface area contributed by atoms with Crippen LogP contribution >= 0.6 is 11.6 Å². The van der Waals surface area contributed by atoms with Crippen LogP contribution in [0.25, 0.3) is 0 Å². The standard InChI is InChI=1S/C26H30ClFN2O5/c1-16-9-17(2)11-19(10-16)35-15-24(33)30-26-7-5-25(6-8-26,13-22(26)31)29-23(32)14-34-18-3-4-20(27)21(28)12-18/h3-4,9-12,22,31H,5-8,13-15H2,1-2H3,(H,29,32)(H,30,33)/t22-,25?,26?/m1/s1. The van der Waals surface area contributed by atoms with Gasteiger partial charge < -0.3 is 25.2 Å². The molecule has 3 N–H and O–H groups in total. The molecular formula is C26H30ClFN2O5. The van der Waals surface area contributed by atoms with Crippen LogP contribution in [0.4, 0.5) is 4.39 Å². The van der Waals surface area contributed by atoms with Gasteiger partial charge in [-0.1, -0.05) is 17.7 Å². The molecule has 2 aromatic carbocycles. The zero-order valence-corrected chi connectivity index (χ0v) is 20.6. The highest BCUT2D eigenvalue weighted by atomic mass is 35.5. The van der Waals surface area contributed by atoms with E-state index in [1.807, 2.05) is 32.0 Å². The predicted octanol–water partition coefficient (Wildman–Crippen LogP) is 3.60. The van der Waals surface area contributed by atoms with Gasteiger partial charge in [-0.05, 0) is 81.3 Å². The van der Waals surface area contributed by atoms with E-state index in [-0.39, 0.29) is 35.8 Å². The molecule has 188 valence electrons. The summed E-state index contributed by atoms with van der Waals surface area (Å²) in [5.41, 5.74) is 0.816. The number of hydrogen-bond acceptors (Lipinski definition) is 5. The lowest BCUT2D eigenvalue weighted by Crippen LogP contribution is -2.70. The summed E-state index contributed by atoms with van der Waals surface area (Å²) in [6.07, 6.45) is 1.82. The van der Waals surface area contributed by atoms with E-state index in [0.29, 0.717) is 37.9 Å². The van der Waals surface area contributed by atoms with Gasteiger partial charge in [0.05, 0.1) is 16.7 Å². The van der Waals surface area contributed by atoms with Crippen molar-refractivity contribution < 1.29 is 28.6 Å². The normalized spacial score (nSPS) is 25.1. The maximum atomic E-state index is 13.6. The van der Waals surface area contributed by atoms with Gasteiger partial charge in [0.1, 0.15) is 17.3 Å². The van der Waals surface area contributed by atoms with Gasteiger partial charge in [0.25, 0.3) is 11.8 Å². The van der Waals surface area contributed by atoms with E-state index in [1.54, 1.807) is 0 Å². The van der Waals surface area contributed by atoms with E-state index in [9.17, 15) is 19.1 Å². The number of aliphatic hydroxyl groups excluding tert-OH is 1. The first-order valence-corrected chi connectivity index (χ1v) is 12.0. The van der Waals surface area contributed by atoms with Gasteiger partial charge >= 0.3 is 0 Å². The van der Waals surface area contributed by atoms with Gasteiger partial charge in [-0.3, -0.25) is 9.59 Å². The molecule has 0 radical (unpaired) electrons. The Morgan fingerprint density at radius 1 is 0.971 bits per heavy atom.